The van der Waals surface area contributed by atoms with Crippen molar-refractivity contribution in [2.24, 2.45) is 5.92 Å². The number of Topliss-reactive ketones (excluding diaryl/α,β-unsaturated/α-hetero) is 1. The molecule has 2 aromatic rings. The van der Waals surface area contributed by atoms with Gasteiger partial charge in [-0.25, -0.2) is 0 Å². The SMILES string of the molecule is CC(C)CC(=O)C1=C(O)C(=O)N(c2ccc(N(C)C)cc2)C1c1ccc(C(C)C)cc1. The van der Waals surface area contributed by atoms with Gasteiger partial charge in [0, 0.05) is 31.9 Å². The lowest BCUT2D eigenvalue weighted by Crippen LogP contribution is -2.31. The standard InChI is InChI=1S/C26H32N2O3/c1-16(2)15-22(29)23-24(19-9-7-18(8-10-19)17(3)4)28(26(31)25(23)30)21-13-11-20(12-14-21)27(5)6/h7-14,16-17,24,30H,15H2,1-6H3. The summed E-state index contributed by atoms with van der Waals surface area (Å²) in [6, 6.07) is 14.9. The predicted molar refractivity (Wildman–Crippen MR) is 126 cm³/mol. The summed E-state index contributed by atoms with van der Waals surface area (Å²) in [6.07, 6.45) is 0.278. The third-order valence-corrected chi connectivity index (χ3v) is 5.67. The Bertz CT molecular complexity index is 986. The lowest BCUT2D eigenvalue weighted by Gasteiger charge is -2.28. The lowest BCUT2D eigenvalue weighted by molar-refractivity contribution is -0.118. The number of benzene rings is 2. The van der Waals surface area contributed by atoms with E-state index >= 15 is 0 Å². The van der Waals surface area contributed by atoms with Crippen LogP contribution in [0.3, 0.4) is 0 Å². The number of hydrogen-bond acceptors (Lipinski definition) is 4. The fourth-order valence-electron chi connectivity index (χ4n) is 3.93. The van der Waals surface area contributed by atoms with Gasteiger partial charge in [-0.3, -0.25) is 14.5 Å². The van der Waals surface area contributed by atoms with E-state index in [0.29, 0.717) is 11.6 Å². The van der Waals surface area contributed by atoms with Crippen molar-refractivity contribution in [3.05, 3.63) is 71.0 Å². The molecule has 5 heteroatoms. The molecule has 0 aromatic heterocycles. The molecule has 0 saturated heterocycles. The van der Waals surface area contributed by atoms with E-state index in [9.17, 15) is 14.7 Å². The second kappa shape index (κ2) is 8.96. The maximum atomic E-state index is 13.1. The average Bonchev–Trinajstić information content (AvgIpc) is 2.98. The van der Waals surface area contributed by atoms with Crippen molar-refractivity contribution in [2.75, 3.05) is 23.9 Å². The summed E-state index contributed by atoms with van der Waals surface area (Å²) < 4.78 is 0. The first kappa shape index (κ1) is 22.6. The highest BCUT2D eigenvalue weighted by molar-refractivity contribution is 6.16. The molecule has 3 rings (SSSR count). The largest absolute Gasteiger partial charge is 0.503 e. The van der Waals surface area contributed by atoms with Gasteiger partial charge < -0.3 is 10.0 Å². The number of aliphatic hydroxyl groups is 1. The molecule has 1 N–H and O–H groups in total. The van der Waals surface area contributed by atoms with Crippen LogP contribution in [-0.4, -0.2) is 30.9 Å². The Labute approximate surface area is 185 Å². The van der Waals surface area contributed by atoms with Crippen LogP contribution in [0, 0.1) is 5.92 Å². The molecule has 1 amide bonds. The third kappa shape index (κ3) is 4.50. The summed E-state index contributed by atoms with van der Waals surface area (Å²) in [6.45, 7) is 8.15. The molecule has 0 radical (unpaired) electrons. The number of aliphatic hydroxyl groups excluding tert-OH is 1. The second-order valence-electron chi connectivity index (χ2n) is 9.09. The van der Waals surface area contributed by atoms with Crippen LogP contribution in [0.5, 0.6) is 0 Å². The Morgan fingerprint density at radius 2 is 1.58 bits per heavy atom. The number of anilines is 2. The number of carbonyl (C=O) groups is 2. The van der Waals surface area contributed by atoms with Crippen molar-refractivity contribution in [1.29, 1.82) is 0 Å². The Morgan fingerprint density at radius 3 is 2.06 bits per heavy atom. The molecule has 1 heterocycles. The summed E-state index contributed by atoms with van der Waals surface area (Å²) in [5.41, 5.74) is 3.82. The molecular weight excluding hydrogens is 388 g/mol. The van der Waals surface area contributed by atoms with Crippen LogP contribution in [0.1, 0.15) is 57.2 Å². The van der Waals surface area contributed by atoms with Crippen LogP contribution < -0.4 is 9.80 Å². The van der Waals surface area contributed by atoms with E-state index in [1.54, 1.807) is 0 Å². The van der Waals surface area contributed by atoms with Gasteiger partial charge in [0.15, 0.2) is 11.5 Å². The molecular formula is C26H32N2O3. The van der Waals surface area contributed by atoms with Crippen LogP contribution in [0.4, 0.5) is 11.4 Å². The molecule has 5 nitrogen and oxygen atoms in total. The van der Waals surface area contributed by atoms with Crippen molar-refractivity contribution < 1.29 is 14.7 Å². The van der Waals surface area contributed by atoms with Crippen molar-refractivity contribution in [3.8, 4) is 0 Å². The van der Waals surface area contributed by atoms with Crippen molar-refractivity contribution in [3.63, 3.8) is 0 Å². The molecule has 0 fully saturated rings. The minimum Gasteiger partial charge on any atom is -0.503 e. The summed E-state index contributed by atoms with van der Waals surface area (Å²) in [7, 11) is 3.90. The van der Waals surface area contributed by atoms with Crippen molar-refractivity contribution >= 4 is 23.1 Å². The van der Waals surface area contributed by atoms with Gasteiger partial charge in [-0.1, -0.05) is 52.0 Å². The zero-order valence-electron chi connectivity index (χ0n) is 19.2. The molecule has 31 heavy (non-hydrogen) atoms. The third-order valence-electron chi connectivity index (χ3n) is 5.67. The number of nitrogens with zero attached hydrogens (tertiary/aromatic N) is 2. The minimum atomic E-state index is -0.648. The van der Waals surface area contributed by atoms with E-state index < -0.39 is 17.7 Å². The van der Waals surface area contributed by atoms with E-state index in [1.165, 1.54) is 10.5 Å². The van der Waals surface area contributed by atoms with E-state index in [1.807, 2.05) is 81.4 Å². The van der Waals surface area contributed by atoms with Gasteiger partial charge in [-0.05, 0) is 47.2 Å². The summed E-state index contributed by atoms with van der Waals surface area (Å²) in [4.78, 5) is 29.7. The highest BCUT2D eigenvalue weighted by atomic mass is 16.3. The smallest absolute Gasteiger partial charge is 0.294 e. The molecule has 0 aliphatic carbocycles. The van der Waals surface area contributed by atoms with Crippen molar-refractivity contribution in [1.82, 2.24) is 0 Å². The van der Waals surface area contributed by atoms with Gasteiger partial charge in [0.1, 0.15) is 0 Å². The Hall–Kier alpha value is -3.08. The van der Waals surface area contributed by atoms with Crippen LogP contribution in [0.15, 0.2) is 59.9 Å². The number of hydrogen-bond donors (Lipinski definition) is 1. The van der Waals surface area contributed by atoms with Gasteiger partial charge in [0.2, 0.25) is 0 Å². The molecule has 1 atom stereocenters. The first-order valence-electron chi connectivity index (χ1n) is 10.8. The molecule has 1 aliphatic heterocycles. The lowest BCUT2D eigenvalue weighted by atomic mass is 9.90. The van der Waals surface area contributed by atoms with Gasteiger partial charge in [0.25, 0.3) is 5.91 Å². The second-order valence-corrected chi connectivity index (χ2v) is 9.09. The fourth-order valence-corrected chi connectivity index (χ4v) is 3.93. The zero-order chi connectivity index (χ0) is 22.9. The van der Waals surface area contributed by atoms with Gasteiger partial charge >= 0.3 is 0 Å². The molecule has 0 saturated carbocycles. The highest BCUT2D eigenvalue weighted by Crippen LogP contribution is 2.42. The van der Waals surface area contributed by atoms with Crippen LogP contribution >= 0.6 is 0 Å². The number of rotatable bonds is 7. The number of carbonyl (C=O) groups excluding carboxylic acids is 2. The van der Waals surface area contributed by atoms with E-state index in [-0.39, 0.29) is 23.7 Å². The molecule has 2 aromatic carbocycles. The Balaban J connectivity index is 2.10. The maximum absolute atomic E-state index is 13.1. The van der Waals surface area contributed by atoms with Crippen LogP contribution in [0.25, 0.3) is 0 Å². The number of amides is 1. The van der Waals surface area contributed by atoms with Gasteiger partial charge in [0.05, 0.1) is 11.6 Å². The summed E-state index contributed by atoms with van der Waals surface area (Å²) in [5.74, 6) is -0.672. The summed E-state index contributed by atoms with van der Waals surface area (Å²) >= 11 is 0. The molecule has 0 bridgehead atoms. The predicted octanol–water partition coefficient (Wildman–Crippen LogP) is 5.39. The number of ketones is 1. The Morgan fingerprint density at radius 1 is 1.00 bits per heavy atom. The van der Waals surface area contributed by atoms with E-state index in [0.717, 1.165) is 11.3 Å². The van der Waals surface area contributed by atoms with E-state index in [2.05, 4.69) is 13.8 Å². The molecule has 164 valence electrons. The van der Waals surface area contributed by atoms with Crippen molar-refractivity contribution in [2.45, 2.75) is 46.1 Å². The first-order chi connectivity index (χ1) is 14.6. The normalized spacial score (nSPS) is 16.6. The van der Waals surface area contributed by atoms with Crippen LogP contribution in [-0.2, 0) is 9.59 Å². The highest BCUT2D eigenvalue weighted by Gasteiger charge is 2.44. The van der Waals surface area contributed by atoms with Crippen LogP contribution in [0.2, 0.25) is 0 Å². The minimum absolute atomic E-state index is 0.125. The summed E-state index contributed by atoms with van der Waals surface area (Å²) in [5, 5.41) is 10.7. The van der Waals surface area contributed by atoms with Gasteiger partial charge in [-0.2, -0.15) is 0 Å². The topological polar surface area (TPSA) is 60.9 Å². The molecule has 1 unspecified atom stereocenters. The van der Waals surface area contributed by atoms with Gasteiger partial charge in [-0.15, -0.1) is 0 Å². The first-order valence-corrected chi connectivity index (χ1v) is 10.8. The fraction of sp³-hybridized carbons (Fsp3) is 0.385. The average molecular weight is 421 g/mol. The van der Waals surface area contributed by atoms with E-state index in [4.69, 9.17) is 0 Å². The molecule has 0 spiro atoms. The Kier molecular flexibility index (Phi) is 6.54. The zero-order valence-corrected chi connectivity index (χ0v) is 19.2. The maximum Gasteiger partial charge on any atom is 0.294 e. The molecule has 1 aliphatic rings. The quantitative estimate of drug-likeness (QED) is 0.652. The monoisotopic (exact) mass is 420 g/mol.